The van der Waals surface area contributed by atoms with Crippen LogP contribution in [0.4, 0.5) is 0 Å². The normalized spacial score (nSPS) is 12.2. The lowest BCUT2D eigenvalue weighted by Crippen LogP contribution is -2.11. The van der Waals surface area contributed by atoms with Crippen LogP contribution in [-0.4, -0.2) is 23.1 Å². The van der Waals surface area contributed by atoms with E-state index in [1.54, 1.807) is 12.1 Å². The van der Waals surface area contributed by atoms with Crippen LogP contribution >= 0.6 is 15.9 Å². The van der Waals surface area contributed by atoms with Gasteiger partial charge >= 0.3 is 10.1 Å². The molecule has 0 saturated carbocycles. The molecular weight excluding hydrogens is 428 g/mol. The molecule has 0 spiro atoms. The zero-order valence-electron chi connectivity index (χ0n) is 13.0. The molecule has 0 unspecified atom stereocenters. The largest absolute Gasteiger partial charge is 0.378 e. The molecule has 0 fully saturated rings. The van der Waals surface area contributed by atoms with Crippen molar-refractivity contribution in [3.8, 4) is 5.75 Å². The molecule has 0 aliphatic rings. The predicted molar refractivity (Wildman–Crippen MR) is 99.0 cm³/mol. The van der Waals surface area contributed by atoms with Crippen molar-refractivity contribution in [2.75, 3.05) is 6.26 Å². The van der Waals surface area contributed by atoms with E-state index in [1.807, 2.05) is 24.3 Å². The van der Waals surface area contributed by atoms with Gasteiger partial charge in [-0.3, -0.25) is 0 Å². The molecule has 0 aromatic heterocycles. The average molecular weight is 441 g/mol. The number of benzene rings is 3. The van der Waals surface area contributed by atoms with Crippen LogP contribution in [0, 0.1) is 0 Å². The monoisotopic (exact) mass is 440 g/mol. The summed E-state index contributed by atoms with van der Waals surface area (Å²) in [5.41, 5.74) is 0. The molecule has 8 heteroatoms. The zero-order chi connectivity index (χ0) is 18.2. The van der Waals surface area contributed by atoms with Crippen molar-refractivity contribution >= 4 is 46.7 Å². The van der Waals surface area contributed by atoms with Gasteiger partial charge < -0.3 is 4.18 Å². The van der Waals surface area contributed by atoms with Crippen LogP contribution < -0.4 is 4.18 Å². The van der Waals surface area contributed by atoms with Crippen molar-refractivity contribution in [2.45, 2.75) is 9.79 Å². The second kappa shape index (κ2) is 6.44. The van der Waals surface area contributed by atoms with Crippen molar-refractivity contribution in [1.82, 2.24) is 0 Å². The van der Waals surface area contributed by atoms with E-state index in [9.17, 15) is 16.8 Å². The van der Waals surface area contributed by atoms with Gasteiger partial charge in [-0.25, -0.2) is 8.42 Å². The minimum absolute atomic E-state index is 0.0882. The van der Waals surface area contributed by atoms with Crippen molar-refractivity contribution < 1.29 is 21.0 Å². The Hall–Kier alpha value is -1.90. The summed E-state index contributed by atoms with van der Waals surface area (Å²) in [5.74, 6) is 0.128. The van der Waals surface area contributed by atoms with Crippen molar-refractivity contribution in [2.24, 2.45) is 0 Å². The molecule has 0 atom stereocenters. The number of fused-ring (bicyclic) bond motifs is 1. The number of hydrogen-bond acceptors (Lipinski definition) is 5. The molecule has 3 aromatic carbocycles. The number of hydrogen-bond donors (Lipinski definition) is 0. The average Bonchev–Trinajstić information content (AvgIpc) is 2.57. The first kappa shape index (κ1) is 17.9. The summed E-state index contributed by atoms with van der Waals surface area (Å²) in [4.78, 5) is -0.315. The Balaban J connectivity index is 2.04. The summed E-state index contributed by atoms with van der Waals surface area (Å²) in [7, 11) is -7.71. The lowest BCUT2D eigenvalue weighted by molar-refractivity contribution is 0.485. The van der Waals surface area contributed by atoms with Gasteiger partial charge in [-0.05, 0) is 51.0 Å². The van der Waals surface area contributed by atoms with E-state index in [0.29, 0.717) is 4.47 Å². The van der Waals surface area contributed by atoms with Gasteiger partial charge in [0.25, 0.3) is 0 Å². The van der Waals surface area contributed by atoms with Crippen molar-refractivity contribution in [3.05, 3.63) is 65.1 Å². The molecule has 3 rings (SSSR count). The molecule has 5 nitrogen and oxygen atoms in total. The predicted octanol–water partition coefficient (Wildman–Crippen LogP) is 3.77. The third-order valence-corrected chi connectivity index (χ3v) is 6.71. The molecule has 130 valence electrons. The zero-order valence-corrected chi connectivity index (χ0v) is 16.2. The Morgan fingerprint density at radius 3 is 2.24 bits per heavy atom. The Morgan fingerprint density at radius 1 is 0.840 bits per heavy atom. The number of halogens is 1. The van der Waals surface area contributed by atoms with E-state index in [0.717, 1.165) is 23.1 Å². The first-order valence-electron chi connectivity index (χ1n) is 7.10. The summed E-state index contributed by atoms with van der Waals surface area (Å²) in [5, 5.41) is 1.73. The summed E-state index contributed by atoms with van der Waals surface area (Å²) in [6.45, 7) is 0. The van der Waals surface area contributed by atoms with Gasteiger partial charge in [-0.1, -0.05) is 36.4 Å². The highest BCUT2D eigenvalue weighted by molar-refractivity contribution is 9.10. The fourth-order valence-corrected chi connectivity index (χ4v) is 4.72. The maximum Gasteiger partial charge on any atom is 0.339 e. The van der Waals surface area contributed by atoms with Gasteiger partial charge in [0.05, 0.1) is 9.37 Å². The molecule has 0 aliphatic heterocycles. The molecule has 0 aliphatic carbocycles. The Kier molecular flexibility index (Phi) is 4.61. The topological polar surface area (TPSA) is 77.5 Å². The smallest absolute Gasteiger partial charge is 0.339 e. The minimum Gasteiger partial charge on any atom is -0.378 e. The van der Waals surface area contributed by atoms with Crippen LogP contribution in [0.15, 0.2) is 74.9 Å². The first-order valence-corrected chi connectivity index (χ1v) is 11.2. The van der Waals surface area contributed by atoms with E-state index in [4.69, 9.17) is 4.18 Å². The molecule has 0 heterocycles. The summed E-state index contributed by atoms with van der Waals surface area (Å²) < 4.78 is 54.1. The summed E-state index contributed by atoms with van der Waals surface area (Å²) in [6.07, 6.45) is 1.01. The van der Waals surface area contributed by atoms with Crippen LogP contribution in [0.1, 0.15) is 0 Å². The van der Waals surface area contributed by atoms with Crippen LogP contribution in [0.3, 0.4) is 0 Å². The van der Waals surface area contributed by atoms with Gasteiger partial charge in [0.1, 0.15) is 4.90 Å². The highest BCUT2D eigenvalue weighted by atomic mass is 79.9. The van der Waals surface area contributed by atoms with E-state index < -0.39 is 20.0 Å². The third-order valence-electron chi connectivity index (χ3n) is 3.55. The standard InChI is InChI=1S/C17H13BrO5S2/c1-24(19,20)13-6-4-7-14(11-13)25(21,22)23-16-10-9-12-5-2-3-8-15(12)17(16)18/h2-11H,1H3. The first-order chi connectivity index (χ1) is 11.7. The second-order valence-electron chi connectivity index (χ2n) is 5.38. The van der Waals surface area contributed by atoms with Crippen molar-refractivity contribution in [1.29, 1.82) is 0 Å². The fourth-order valence-electron chi connectivity index (χ4n) is 2.30. The lowest BCUT2D eigenvalue weighted by atomic mass is 10.1. The van der Waals surface area contributed by atoms with Gasteiger partial charge in [-0.2, -0.15) is 8.42 Å². The molecule has 3 aromatic rings. The quantitative estimate of drug-likeness (QED) is 0.576. The van der Waals surface area contributed by atoms with E-state index >= 15 is 0 Å². The molecular formula is C17H13BrO5S2. The fraction of sp³-hybridized carbons (Fsp3) is 0.0588. The molecule has 0 radical (unpaired) electrons. The number of rotatable bonds is 4. The van der Waals surface area contributed by atoms with E-state index in [1.165, 1.54) is 18.2 Å². The van der Waals surface area contributed by atoms with Crippen molar-refractivity contribution in [3.63, 3.8) is 0 Å². The Labute approximate surface area is 154 Å². The van der Waals surface area contributed by atoms with Crippen LogP contribution in [-0.2, 0) is 20.0 Å². The maximum atomic E-state index is 12.5. The molecule has 0 N–H and O–H groups in total. The highest BCUT2D eigenvalue weighted by Gasteiger charge is 2.21. The van der Waals surface area contributed by atoms with Gasteiger partial charge in [0, 0.05) is 6.26 Å². The van der Waals surface area contributed by atoms with E-state index in [2.05, 4.69) is 15.9 Å². The Morgan fingerprint density at radius 2 is 1.52 bits per heavy atom. The highest BCUT2D eigenvalue weighted by Crippen LogP contribution is 2.34. The second-order valence-corrected chi connectivity index (χ2v) is 9.74. The van der Waals surface area contributed by atoms with Crippen LogP contribution in [0.5, 0.6) is 5.75 Å². The minimum atomic E-state index is -4.18. The van der Waals surface area contributed by atoms with Gasteiger partial charge in [-0.15, -0.1) is 0 Å². The van der Waals surface area contributed by atoms with Gasteiger partial charge in [0.2, 0.25) is 0 Å². The third kappa shape index (κ3) is 3.70. The SMILES string of the molecule is CS(=O)(=O)c1cccc(S(=O)(=O)Oc2ccc3ccccc3c2Br)c1. The lowest BCUT2D eigenvalue weighted by Gasteiger charge is -2.11. The molecule has 0 saturated heterocycles. The van der Waals surface area contributed by atoms with Crippen LogP contribution in [0.25, 0.3) is 10.8 Å². The Bertz CT molecular complexity index is 1170. The molecule has 0 amide bonds. The molecule has 0 bridgehead atoms. The maximum absolute atomic E-state index is 12.5. The van der Waals surface area contributed by atoms with E-state index in [-0.39, 0.29) is 15.5 Å². The summed E-state index contributed by atoms with van der Waals surface area (Å²) >= 11 is 3.37. The summed E-state index contributed by atoms with van der Waals surface area (Å²) in [6, 6.07) is 15.8. The number of sulfone groups is 1. The van der Waals surface area contributed by atoms with Gasteiger partial charge in [0.15, 0.2) is 15.6 Å². The molecule has 25 heavy (non-hydrogen) atoms. The van der Waals surface area contributed by atoms with Crippen LogP contribution in [0.2, 0.25) is 0 Å².